The molecule has 0 saturated heterocycles. The van der Waals surface area contributed by atoms with E-state index >= 15 is 0 Å². The van der Waals surface area contributed by atoms with Gasteiger partial charge in [0.2, 0.25) is 0 Å². The van der Waals surface area contributed by atoms with Crippen molar-refractivity contribution in [3.63, 3.8) is 0 Å². The van der Waals surface area contributed by atoms with Crippen molar-refractivity contribution in [3.05, 3.63) is 0 Å². The van der Waals surface area contributed by atoms with Crippen LogP contribution >= 0.6 is 0 Å². The Morgan fingerprint density at radius 1 is 1.00 bits per heavy atom. The molecule has 0 unspecified atom stereocenters. The van der Waals surface area contributed by atoms with Crippen LogP contribution in [0.5, 0.6) is 0 Å². The number of nitrogens with two attached hydrogens (primary N) is 2. The Morgan fingerprint density at radius 3 is 2.00 bits per heavy atom. The van der Waals surface area contributed by atoms with Crippen LogP contribution in [-0.2, 0) is 0 Å². The molecule has 0 rings (SSSR count). The van der Waals surface area contributed by atoms with Crippen molar-refractivity contribution in [2.75, 3.05) is 13.2 Å². The molecule has 0 atom stereocenters. The van der Waals surface area contributed by atoms with Crippen molar-refractivity contribution in [1.82, 2.24) is 0 Å². The highest BCUT2D eigenvalue weighted by molar-refractivity contribution is 4.75. The Hall–Kier alpha value is -0.160. The van der Waals surface area contributed by atoms with Gasteiger partial charge in [0.05, 0.1) is 5.66 Å². The second-order valence-electron chi connectivity index (χ2n) is 2.53. The first-order valence-corrected chi connectivity index (χ1v) is 3.42. The van der Waals surface area contributed by atoms with Gasteiger partial charge in [0, 0.05) is 19.6 Å². The van der Waals surface area contributed by atoms with Crippen LogP contribution in [0.25, 0.3) is 0 Å². The summed E-state index contributed by atoms with van der Waals surface area (Å²) in [5, 5.41) is 16.9. The smallest absolute Gasteiger partial charge is 0.0659 e. The van der Waals surface area contributed by atoms with Gasteiger partial charge in [-0.2, -0.15) is 0 Å². The lowest BCUT2D eigenvalue weighted by Crippen LogP contribution is -2.50. The molecule has 0 spiro atoms. The standard InChI is InChI=1S/C6H16N2O2/c7-6(8,3-5-10)2-1-4-9/h9-10H,1-5,7-8H2. The molecule has 0 aliphatic heterocycles. The molecule has 10 heavy (non-hydrogen) atoms. The van der Waals surface area contributed by atoms with Crippen LogP contribution in [0, 0.1) is 0 Å². The van der Waals surface area contributed by atoms with E-state index in [1.54, 1.807) is 0 Å². The fourth-order valence-corrected chi connectivity index (χ4v) is 0.741. The molecule has 0 aromatic carbocycles. The second kappa shape index (κ2) is 4.62. The molecule has 0 aliphatic carbocycles. The van der Waals surface area contributed by atoms with Gasteiger partial charge >= 0.3 is 0 Å². The molecule has 0 radical (unpaired) electrons. The third kappa shape index (κ3) is 4.69. The van der Waals surface area contributed by atoms with Gasteiger partial charge in [-0.15, -0.1) is 0 Å². The van der Waals surface area contributed by atoms with E-state index in [0.717, 1.165) is 0 Å². The largest absolute Gasteiger partial charge is 0.396 e. The molecule has 6 N–H and O–H groups in total. The molecule has 0 heterocycles. The summed E-state index contributed by atoms with van der Waals surface area (Å²) in [6.45, 7) is 0.0972. The summed E-state index contributed by atoms with van der Waals surface area (Å²) in [5.41, 5.74) is 10.2. The summed E-state index contributed by atoms with van der Waals surface area (Å²) in [6.07, 6.45) is 1.52. The topological polar surface area (TPSA) is 92.5 Å². The zero-order chi connectivity index (χ0) is 8.04. The van der Waals surface area contributed by atoms with E-state index in [9.17, 15) is 0 Å². The summed E-state index contributed by atoms with van der Waals surface area (Å²) in [6, 6.07) is 0. The van der Waals surface area contributed by atoms with Gasteiger partial charge in [0.25, 0.3) is 0 Å². The number of aliphatic hydroxyl groups excluding tert-OH is 2. The second-order valence-corrected chi connectivity index (χ2v) is 2.53. The summed E-state index contributed by atoms with van der Waals surface area (Å²) in [5.74, 6) is 0. The number of hydrogen-bond acceptors (Lipinski definition) is 4. The average molecular weight is 148 g/mol. The van der Waals surface area contributed by atoms with E-state index < -0.39 is 5.66 Å². The van der Waals surface area contributed by atoms with Gasteiger partial charge in [-0.25, -0.2) is 0 Å². The molecule has 0 fully saturated rings. The zero-order valence-corrected chi connectivity index (χ0v) is 6.08. The summed E-state index contributed by atoms with van der Waals surface area (Å²) >= 11 is 0. The van der Waals surface area contributed by atoms with Gasteiger partial charge in [-0.1, -0.05) is 0 Å². The van der Waals surface area contributed by atoms with Crippen LogP contribution in [0.3, 0.4) is 0 Å². The van der Waals surface area contributed by atoms with Crippen molar-refractivity contribution in [2.45, 2.75) is 24.9 Å². The van der Waals surface area contributed by atoms with E-state index in [4.69, 9.17) is 21.7 Å². The minimum Gasteiger partial charge on any atom is -0.396 e. The maximum absolute atomic E-state index is 8.48. The SMILES string of the molecule is NC(N)(CCO)CCCO. The molecule has 62 valence electrons. The molecule has 0 aromatic heterocycles. The Bertz CT molecular complexity index is 85.8. The van der Waals surface area contributed by atoms with Crippen molar-refractivity contribution < 1.29 is 10.2 Å². The van der Waals surface area contributed by atoms with Gasteiger partial charge in [-0.05, 0) is 12.8 Å². The quantitative estimate of drug-likeness (QED) is 0.367. The van der Waals surface area contributed by atoms with Crippen molar-refractivity contribution in [2.24, 2.45) is 11.5 Å². The normalized spacial score (nSPS) is 12.0. The minimum atomic E-state index is -0.808. The lowest BCUT2D eigenvalue weighted by molar-refractivity contribution is 0.214. The Morgan fingerprint density at radius 2 is 1.60 bits per heavy atom. The minimum absolute atomic E-state index is 0.00156. The summed E-state index contributed by atoms with van der Waals surface area (Å²) < 4.78 is 0. The predicted molar refractivity (Wildman–Crippen MR) is 39.1 cm³/mol. The molecule has 0 aliphatic rings. The average Bonchev–Trinajstić information content (AvgIpc) is 1.84. The number of rotatable bonds is 5. The molecule has 0 bridgehead atoms. The van der Waals surface area contributed by atoms with Crippen molar-refractivity contribution >= 4 is 0 Å². The van der Waals surface area contributed by atoms with Crippen molar-refractivity contribution in [1.29, 1.82) is 0 Å². The van der Waals surface area contributed by atoms with E-state index in [2.05, 4.69) is 0 Å². The third-order valence-corrected chi connectivity index (χ3v) is 1.38. The first kappa shape index (κ1) is 9.84. The van der Waals surface area contributed by atoms with Gasteiger partial charge in [-0.3, -0.25) is 0 Å². The number of aliphatic hydroxyl groups is 2. The molecule has 4 heteroatoms. The highest BCUT2D eigenvalue weighted by atomic mass is 16.3. The fourth-order valence-electron chi connectivity index (χ4n) is 0.741. The Balaban J connectivity index is 3.42. The van der Waals surface area contributed by atoms with Crippen LogP contribution < -0.4 is 11.5 Å². The monoisotopic (exact) mass is 148 g/mol. The van der Waals surface area contributed by atoms with Crippen LogP contribution in [0.2, 0.25) is 0 Å². The highest BCUT2D eigenvalue weighted by Crippen LogP contribution is 2.05. The van der Waals surface area contributed by atoms with Crippen LogP contribution in [0.15, 0.2) is 0 Å². The highest BCUT2D eigenvalue weighted by Gasteiger charge is 2.16. The lowest BCUT2D eigenvalue weighted by Gasteiger charge is -2.22. The first-order valence-electron chi connectivity index (χ1n) is 3.42. The maximum atomic E-state index is 8.48. The maximum Gasteiger partial charge on any atom is 0.0659 e. The van der Waals surface area contributed by atoms with Crippen LogP contribution in [-0.4, -0.2) is 29.1 Å². The Kier molecular flexibility index (Phi) is 4.55. The zero-order valence-electron chi connectivity index (χ0n) is 6.08. The van der Waals surface area contributed by atoms with E-state index in [-0.39, 0.29) is 13.2 Å². The van der Waals surface area contributed by atoms with E-state index in [0.29, 0.717) is 19.3 Å². The van der Waals surface area contributed by atoms with Crippen LogP contribution in [0.1, 0.15) is 19.3 Å². The molecular weight excluding hydrogens is 132 g/mol. The van der Waals surface area contributed by atoms with Crippen LogP contribution in [0.4, 0.5) is 0 Å². The molecule has 0 aromatic rings. The van der Waals surface area contributed by atoms with Crippen molar-refractivity contribution in [3.8, 4) is 0 Å². The van der Waals surface area contributed by atoms with Gasteiger partial charge < -0.3 is 21.7 Å². The number of hydrogen-bond donors (Lipinski definition) is 4. The summed E-state index contributed by atoms with van der Waals surface area (Å²) in [7, 11) is 0. The molecule has 0 saturated carbocycles. The van der Waals surface area contributed by atoms with Gasteiger partial charge in [0.15, 0.2) is 0 Å². The predicted octanol–water partition coefficient (Wildman–Crippen LogP) is -1.25. The summed E-state index contributed by atoms with van der Waals surface area (Å²) in [4.78, 5) is 0. The first-order chi connectivity index (χ1) is 4.62. The van der Waals surface area contributed by atoms with E-state index in [1.807, 2.05) is 0 Å². The molecular formula is C6H16N2O2. The Labute approximate surface area is 60.8 Å². The van der Waals surface area contributed by atoms with Gasteiger partial charge in [0.1, 0.15) is 0 Å². The third-order valence-electron chi connectivity index (χ3n) is 1.38. The lowest BCUT2D eigenvalue weighted by atomic mass is 10.0. The fraction of sp³-hybridized carbons (Fsp3) is 1.00. The molecule has 0 amide bonds. The van der Waals surface area contributed by atoms with E-state index in [1.165, 1.54) is 0 Å². The molecule has 4 nitrogen and oxygen atoms in total.